The fourth-order valence-electron chi connectivity index (χ4n) is 9.47. The number of hydrogen-bond acceptors (Lipinski definition) is 15. The lowest BCUT2D eigenvalue weighted by molar-refractivity contribution is -0.412. The molecule has 416 valence electrons. The van der Waals surface area contributed by atoms with Crippen molar-refractivity contribution in [1.82, 2.24) is 0 Å². The van der Waals surface area contributed by atoms with Crippen LogP contribution in [0.5, 0.6) is 0 Å². The molecule has 72 heavy (non-hydrogen) atoms. The summed E-state index contributed by atoms with van der Waals surface area (Å²) in [6, 6.07) is 9.70. The highest BCUT2D eigenvalue weighted by Crippen LogP contribution is 2.40. The number of ether oxygens (including phenoxy) is 14. The molecule has 15 heteroatoms. The van der Waals surface area contributed by atoms with Crippen LogP contribution >= 0.6 is 0 Å². The predicted octanol–water partition coefficient (Wildman–Crippen LogP) is 10.3. The van der Waals surface area contributed by atoms with E-state index in [1.165, 1.54) is 0 Å². The smallest absolute Gasteiger partial charge is 0.187 e. The normalized spacial score (nSPS) is 32.9. The minimum atomic E-state index is -1.28. The Morgan fingerprint density at radius 2 is 1.04 bits per heavy atom. The molecular weight excluding hydrogens is 925 g/mol. The summed E-state index contributed by atoms with van der Waals surface area (Å²) in [7, 11) is 0. The summed E-state index contributed by atoms with van der Waals surface area (Å²) in [5.74, 6) is 0. The van der Waals surface area contributed by atoms with Gasteiger partial charge in [-0.1, -0.05) is 129 Å². The molecular formula is C57H98O15. The Morgan fingerprint density at radius 1 is 0.528 bits per heavy atom. The minimum Gasteiger partial charge on any atom is -0.387 e. The average molecular weight is 1020 g/mol. The Kier molecular flexibility index (Phi) is 30.3. The number of hydrogen-bond donors (Lipinski definition) is 1. The number of unbranched alkanes of at least 4 members (excludes halogenated alkanes) is 10. The Bertz CT molecular complexity index is 1510. The summed E-state index contributed by atoms with van der Waals surface area (Å²) in [6.45, 7) is 22.5. The Hall–Kier alpha value is -1.64. The van der Waals surface area contributed by atoms with E-state index in [0.717, 1.165) is 115 Å². The van der Waals surface area contributed by atoms with Gasteiger partial charge in [-0.15, -0.1) is 6.58 Å². The first kappa shape index (κ1) is 61.2. The van der Waals surface area contributed by atoms with Crippen molar-refractivity contribution < 1.29 is 71.4 Å². The van der Waals surface area contributed by atoms with E-state index < -0.39 is 98.4 Å². The minimum absolute atomic E-state index is 0.130. The van der Waals surface area contributed by atoms with Gasteiger partial charge in [-0.3, -0.25) is 0 Å². The lowest BCUT2D eigenvalue weighted by Gasteiger charge is -2.52. The highest BCUT2D eigenvalue weighted by Gasteiger charge is 2.57. The third-order valence-corrected chi connectivity index (χ3v) is 13.8. The molecule has 4 fully saturated rings. The maximum atomic E-state index is 12.8. The number of benzene rings is 1. The summed E-state index contributed by atoms with van der Waals surface area (Å²) in [6.07, 6.45) is 5.34. The van der Waals surface area contributed by atoms with E-state index in [1.807, 2.05) is 43.3 Å². The number of aliphatic hydroxyl groups is 1. The second-order valence-electron chi connectivity index (χ2n) is 19.9. The van der Waals surface area contributed by atoms with Gasteiger partial charge in [0.15, 0.2) is 25.2 Å². The van der Waals surface area contributed by atoms with Crippen LogP contribution in [0.25, 0.3) is 0 Å². The van der Waals surface area contributed by atoms with E-state index in [1.54, 1.807) is 0 Å². The summed E-state index contributed by atoms with van der Waals surface area (Å²) in [5.41, 5.74) is 0.824. The van der Waals surface area contributed by atoms with E-state index in [0.29, 0.717) is 46.2 Å². The van der Waals surface area contributed by atoms with Crippen LogP contribution in [0.3, 0.4) is 0 Å². The molecule has 0 spiro atoms. The monoisotopic (exact) mass is 1020 g/mol. The molecule has 4 heterocycles. The number of allylic oxidation sites excluding steroid dienone is 1. The fraction of sp³-hybridized carbons (Fsp3) is 0.860. The van der Waals surface area contributed by atoms with E-state index in [2.05, 4.69) is 48.1 Å². The number of rotatable bonds is 38. The van der Waals surface area contributed by atoms with Crippen molar-refractivity contribution in [2.75, 3.05) is 59.5 Å². The molecule has 1 N–H and O–H groups in total. The molecule has 1 aromatic rings. The van der Waals surface area contributed by atoms with E-state index in [4.69, 9.17) is 66.3 Å². The van der Waals surface area contributed by atoms with Gasteiger partial charge in [0.25, 0.3) is 0 Å². The molecule has 4 aliphatic heterocycles. The fourth-order valence-corrected chi connectivity index (χ4v) is 9.47. The molecule has 0 bridgehead atoms. The Morgan fingerprint density at radius 3 is 1.65 bits per heavy atom. The zero-order chi connectivity index (χ0) is 51.3. The first-order chi connectivity index (χ1) is 35.3. The zero-order valence-electron chi connectivity index (χ0n) is 45.5. The van der Waals surface area contributed by atoms with Gasteiger partial charge in [-0.2, -0.15) is 0 Å². The summed E-state index contributed by atoms with van der Waals surface area (Å²) < 4.78 is 94.8. The summed E-state index contributed by atoms with van der Waals surface area (Å²) in [5, 5.41) is 12.8. The molecule has 0 radical (unpaired) electrons. The van der Waals surface area contributed by atoms with Crippen molar-refractivity contribution in [3.8, 4) is 0 Å². The van der Waals surface area contributed by atoms with Crippen molar-refractivity contribution in [1.29, 1.82) is 0 Å². The highest BCUT2D eigenvalue weighted by molar-refractivity contribution is 5.17. The van der Waals surface area contributed by atoms with Crippen LogP contribution in [-0.2, 0) is 66.3 Å². The van der Waals surface area contributed by atoms with Gasteiger partial charge in [0, 0.05) is 51.8 Å². The van der Waals surface area contributed by atoms with Crippen LogP contribution in [-0.4, -0.2) is 157 Å². The molecule has 1 aromatic carbocycles. The quantitative estimate of drug-likeness (QED) is 0.0494. The molecule has 16 atom stereocenters. The lowest BCUT2D eigenvalue weighted by atomic mass is 9.95. The molecule has 15 nitrogen and oxygen atoms in total. The van der Waals surface area contributed by atoms with Gasteiger partial charge >= 0.3 is 0 Å². The summed E-state index contributed by atoms with van der Waals surface area (Å²) >= 11 is 0. The SMILES string of the molecule is C=CCCCCCCO[C@@H]1OC(COCCCC)[C@@H](O[C@@H]2OC3COC(c4ccccc4)O[C@@H]3C(O)[C@@H]2O[C@@H]2OC(C)[C@@H](OCCCC)C(OCCCC)[C@@H]2OCCCC)C(OCCCC)[C@@H]1OCCCC. The zero-order valence-corrected chi connectivity index (χ0v) is 45.5. The molecule has 0 aliphatic carbocycles. The van der Waals surface area contributed by atoms with Gasteiger partial charge in [-0.05, 0) is 64.7 Å². The van der Waals surface area contributed by atoms with Crippen molar-refractivity contribution in [3.05, 3.63) is 48.6 Å². The van der Waals surface area contributed by atoms with Crippen LogP contribution in [0, 0.1) is 0 Å². The first-order valence-corrected chi connectivity index (χ1v) is 28.5. The second-order valence-corrected chi connectivity index (χ2v) is 19.9. The lowest BCUT2D eigenvalue weighted by Crippen LogP contribution is -2.68. The Balaban J connectivity index is 1.54. The molecule has 5 rings (SSSR count). The van der Waals surface area contributed by atoms with Crippen LogP contribution in [0.4, 0.5) is 0 Å². The molecule has 4 saturated heterocycles. The molecule has 0 saturated carbocycles. The topological polar surface area (TPSA) is 149 Å². The van der Waals surface area contributed by atoms with E-state index in [9.17, 15) is 5.11 Å². The van der Waals surface area contributed by atoms with Gasteiger partial charge in [0.05, 0.1) is 19.3 Å². The third-order valence-electron chi connectivity index (χ3n) is 13.8. The summed E-state index contributed by atoms with van der Waals surface area (Å²) in [4.78, 5) is 0. The number of fused-ring (bicyclic) bond motifs is 1. The van der Waals surface area contributed by atoms with E-state index in [-0.39, 0.29) is 13.2 Å². The maximum absolute atomic E-state index is 12.8. The predicted molar refractivity (Wildman–Crippen MR) is 276 cm³/mol. The standard InChI is InChI=1S/C57H98O15/c1-9-16-23-24-25-29-38-65-55-52(63-36-21-14-6)51(62-35-20-13-5)48(43(68-55)39-59-32-17-10-2)71-56-49(45(58)47-44(69-56)40-66-54(70-47)42-30-27-26-28-31-42)72-57-53(64-37-22-15-7)50(61-34-19-12-4)46(41(8)67-57)60-33-18-11-3/h9,26-28,30-31,41,43-58H,1,10-25,29,32-40H2,2-8H3/t41?,43?,44?,45?,46-,47+,48-,49+,50?,51?,52+,53+,54?,55-,56+,57+/m1/s1. The van der Waals surface area contributed by atoms with Crippen LogP contribution < -0.4 is 0 Å². The molecule has 4 aliphatic rings. The largest absolute Gasteiger partial charge is 0.387 e. The highest BCUT2D eigenvalue weighted by atomic mass is 16.8. The number of aliphatic hydroxyl groups excluding tert-OH is 1. The van der Waals surface area contributed by atoms with Crippen molar-refractivity contribution in [3.63, 3.8) is 0 Å². The van der Waals surface area contributed by atoms with Crippen LogP contribution in [0.15, 0.2) is 43.0 Å². The van der Waals surface area contributed by atoms with Crippen LogP contribution in [0.1, 0.15) is 169 Å². The third kappa shape index (κ3) is 19.1. The van der Waals surface area contributed by atoms with Crippen molar-refractivity contribution >= 4 is 0 Å². The second kappa shape index (κ2) is 35.6. The Labute approximate surface area is 434 Å². The van der Waals surface area contributed by atoms with Crippen molar-refractivity contribution in [2.45, 2.75) is 256 Å². The molecule has 7 unspecified atom stereocenters. The maximum Gasteiger partial charge on any atom is 0.187 e. The van der Waals surface area contributed by atoms with Crippen molar-refractivity contribution in [2.24, 2.45) is 0 Å². The average Bonchev–Trinajstić information content (AvgIpc) is 3.39. The van der Waals surface area contributed by atoms with Gasteiger partial charge in [0.1, 0.15) is 67.1 Å². The molecule has 0 aromatic heterocycles. The van der Waals surface area contributed by atoms with Gasteiger partial charge in [-0.25, -0.2) is 0 Å². The first-order valence-electron chi connectivity index (χ1n) is 28.5. The molecule has 0 amide bonds. The van der Waals surface area contributed by atoms with Gasteiger partial charge < -0.3 is 71.4 Å². The van der Waals surface area contributed by atoms with E-state index >= 15 is 0 Å². The van der Waals surface area contributed by atoms with Gasteiger partial charge in [0.2, 0.25) is 0 Å². The van der Waals surface area contributed by atoms with Crippen LogP contribution in [0.2, 0.25) is 0 Å².